The van der Waals surface area contributed by atoms with E-state index in [1.54, 1.807) is 0 Å². The summed E-state index contributed by atoms with van der Waals surface area (Å²) in [6.07, 6.45) is 13.1. The summed E-state index contributed by atoms with van der Waals surface area (Å²) in [6.45, 7) is 0. The lowest BCUT2D eigenvalue weighted by Crippen LogP contribution is -2.01. The summed E-state index contributed by atoms with van der Waals surface area (Å²) in [7, 11) is 8.64. The summed E-state index contributed by atoms with van der Waals surface area (Å²) in [6, 6.07) is 132. The van der Waals surface area contributed by atoms with E-state index in [0.29, 0.717) is 0 Å². The number of benzene rings is 12. The zero-order valence-electron chi connectivity index (χ0n) is 71.4. The summed E-state index contributed by atoms with van der Waals surface area (Å²) in [5.74, 6) is 0. The Labute approximate surface area is 744 Å². The van der Waals surface area contributed by atoms with E-state index in [9.17, 15) is 0 Å². The first-order chi connectivity index (χ1) is 64.1. The van der Waals surface area contributed by atoms with E-state index in [4.69, 9.17) is 19.9 Å². The highest BCUT2D eigenvalue weighted by molar-refractivity contribution is 6.17. The first-order valence-corrected chi connectivity index (χ1v) is 44.2. The van der Waals surface area contributed by atoms with Crippen LogP contribution in [0.25, 0.3) is 246 Å². The molecule has 12 aromatic heterocycles. The molecular weight excluding hydrogens is 1590 g/mol. The standard InChI is InChI=1S/C70H46N8.C46H32N6/c1-73-45-39-55-65(75-57-27-11-3-19-47(57)48-20-4-12-28-58(48)75)36-44(72-55)38-68-70(78-63-33-17-9-25-53(63)54-26-10-18-34-64(54)78)42-46(74(68)2)40-56-66(76-59-29-13-5-21-49(59)50-22-6-14-30-60(50)76)35-43(71-56)37-67(73)69(41-45)77-61-31-15-7-23-51(61)52-24-8-16-32-62(52)77;1-49-31-21-25-43(49)45(51-39-15-7-3-11-33(39)34-12-4-8-16-40(34)51)37-23-20-30(48-37)28-32-22-26-44(50(32)2)46(38-24-19-29(27-31)47-38)52-41-17-9-5-13-35(41)36-14-6-10-18-42(36)52/h3-42H,1-2H3;3-28H,1-2H3. The molecule has 16 bridgehead atoms. The molecule has 0 spiro atoms. The van der Waals surface area contributed by atoms with Crippen molar-refractivity contribution in [3.05, 3.63) is 410 Å². The normalized spacial score (nSPS) is 12.8. The average molecular weight is 1670 g/mol. The molecule has 612 valence electrons. The van der Waals surface area contributed by atoms with Gasteiger partial charge in [-0.3, -0.25) is 0 Å². The number of hydrogen-bond acceptors (Lipinski definition) is 4. The first kappa shape index (κ1) is 73.0. The second kappa shape index (κ2) is 28.1. The minimum atomic E-state index is 0.850. The molecule has 0 fully saturated rings. The van der Waals surface area contributed by atoms with Crippen LogP contribution in [0.15, 0.2) is 364 Å². The van der Waals surface area contributed by atoms with Crippen molar-refractivity contribution in [1.82, 2.24) is 65.6 Å². The van der Waals surface area contributed by atoms with Crippen molar-refractivity contribution < 1.29 is 0 Å². The molecule has 0 N–H and O–H groups in total. The van der Waals surface area contributed by atoms with E-state index in [-0.39, 0.29) is 0 Å². The Balaban J connectivity index is 0.000000145. The van der Waals surface area contributed by atoms with Gasteiger partial charge in [-0.25, -0.2) is 19.9 Å². The number of para-hydroxylation sites is 12. The van der Waals surface area contributed by atoms with Crippen LogP contribution in [0.2, 0.25) is 0 Å². The smallest absolute Gasteiger partial charge is 0.0959 e. The van der Waals surface area contributed by atoms with Crippen LogP contribution in [0.1, 0.15) is 45.6 Å². The number of hydrogen-bond donors (Lipinski definition) is 0. The molecule has 0 aliphatic carbocycles. The summed E-state index contributed by atoms with van der Waals surface area (Å²) >= 11 is 0. The molecule has 0 unspecified atom stereocenters. The third-order valence-electron chi connectivity index (χ3n) is 27.4. The number of fused-ring (bicyclic) bond motifs is 34. The Morgan fingerprint density at radius 3 is 0.685 bits per heavy atom. The molecule has 4 aliphatic rings. The minimum Gasteiger partial charge on any atom is -0.343 e. The minimum absolute atomic E-state index is 0.850. The molecule has 16 heterocycles. The second-order valence-corrected chi connectivity index (χ2v) is 34.4. The molecule has 14 heteroatoms. The lowest BCUT2D eigenvalue weighted by Gasteiger charge is -2.12. The molecule has 12 aromatic carbocycles. The largest absolute Gasteiger partial charge is 0.343 e. The molecule has 0 saturated carbocycles. The fourth-order valence-corrected chi connectivity index (χ4v) is 21.5. The van der Waals surface area contributed by atoms with Crippen molar-refractivity contribution in [3.63, 3.8) is 0 Å². The SMILES string of the molecule is Cn1c2cc3nc(cc4c(-n5c6ccccc6c6ccccc65)cc(cc5nc(cc1c(-n1c6ccccc6c6ccccc61)c2)C=C5n1c2ccccc2c2ccccc21)n4C)C=C3n1c2ccccc2c2ccccc21.Cn1c2ccc1c(-n1c3ccccc3c3ccccc31)c1nc(cc3ccc(c(-n4c5ccccc5c5ccccc54)c4nc(c2)C=C4)n3C)C=C1. The number of aromatic nitrogens is 14. The van der Waals surface area contributed by atoms with Crippen molar-refractivity contribution >= 4 is 223 Å². The van der Waals surface area contributed by atoms with Crippen LogP contribution in [0.4, 0.5) is 0 Å². The Morgan fingerprint density at radius 1 is 0.177 bits per heavy atom. The van der Waals surface area contributed by atoms with Gasteiger partial charge in [-0.2, -0.15) is 0 Å². The third kappa shape index (κ3) is 10.8. The Hall–Kier alpha value is -17.4. The fraction of sp³-hybridized carbons (Fsp3) is 0.0345. The van der Waals surface area contributed by atoms with Gasteiger partial charge in [0.25, 0.3) is 0 Å². The first-order valence-electron chi connectivity index (χ1n) is 44.2. The molecule has 14 nitrogen and oxygen atoms in total. The van der Waals surface area contributed by atoms with E-state index in [0.717, 1.165) is 190 Å². The second-order valence-electron chi connectivity index (χ2n) is 34.4. The summed E-state index contributed by atoms with van der Waals surface area (Å²) < 4.78 is 23.6. The fourth-order valence-electron chi connectivity index (χ4n) is 21.5. The number of nitrogens with zero attached hydrogens (tertiary/aromatic N) is 14. The van der Waals surface area contributed by atoms with E-state index in [2.05, 4.69) is 474 Å². The highest BCUT2D eigenvalue weighted by Crippen LogP contribution is 2.45. The van der Waals surface area contributed by atoms with Gasteiger partial charge in [0.2, 0.25) is 0 Å². The average Bonchev–Trinajstić information content (AvgIpc) is 1.58. The van der Waals surface area contributed by atoms with Crippen LogP contribution in [0.5, 0.6) is 0 Å². The Kier molecular flexibility index (Phi) is 15.8. The molecule has 24 aromatic rings. The van der Waals surface area contributed by atoms with Crippen molar-refractivity contribution in [2.24, 2.45) is 28.2 Å². The Bertz CT molecular complexity index is 8780. The highest BCUT2D eigenvalue weighted by atomic mass is 15.1. The van der Waals surface area contributed by atoms with Crippen LogP contribution < -0.4 is 0 Å². The lowest BCUT2D eigenvalue weighted by atomic mass is 10.2. The van der Waals surface area contributed by atoms with E-state index in [1.807, 2.05) is 0 Å². The zero-order chi connectivity index (χ0) is 85.8. The lowest BCUT2D eigenvalue weighted by molar-refractivity contribution is 0.991. The molecule has 28 rings (SSSR count). The molecule has 0 amide bonds. The molecular formula is C116H78N14. The number of aryl methyl sites for hydroxylation is 4. The maximum Gasteiger partial charge on any atom is 0.0959 e. The molecule has 0 radical (unpaired) electrons. The van der Waals surface area contributed by atoms with Gasteiger partial charge in [-0.1, -0.05) is 218 Å². The predicted octanol–water partition coefficient (Wildman–Crippen LogP) is 27.7. The summed E-state index contributed by atoms with van der Waals surface area (Å²) in [4.78, 5) is 22.1. The molecule has 0 atom stereocenters. The van der Waals surface area contributed by atoms with E-state index >= 15 is 0 Å². The van der Waals surface area contributed by atoms with Gasteiger partial charge >= 0.3 is 0 Å². The molecule has 4 aliphatic heterocycles. The van der Waals surface area contributed by atoms with E-state index < -0.39 is 0 Å². The van der Waals surface area contributed by atoms with Gasteiger partial charge in [-0.05, 0) is 182 Å². The van der Waals surface area contributed by atoms with Crippen LogP contribution >= 0.6 is 0 Å². The topological polar surface area (TPSA) is 101 Å². The number of rotatable bonds is 6. The van der Waals surface area contributed by atoms with Gasteiger partial charge in [0.15, 0.2) is 0 Å². The quantitative estimate of drug-likeness (QED) is 0.165. The van der Waals surface area contributed by atoms with Gasteiger partial charge in [0, 0.05) is 115 Å². The molecule has 130 heavy (non-hydrogen) atoms. The van der Waals surface area contributed by atoms with Crippen LogP contribution in [-0.2, 0) is 28.2 Å². The molecule has 0 saturated heterocycles. The van der Waals surface area contributed by atoms with Gasteiger partial charge in [0.05, 0.1) is 168 Å². The van der Waals surface area contributed by atoms with Gasteiger partial charge in [-0.15, -0.1) is 0 Å². The van der Waals surface area contributed by atoms with Crippen LogP contribution in [0, 0.1) is 0 Å². The van der Waals surface area contributed by atoms with Crippen molar-refractivity contribution in [3.8, 4) is 22.7 Å². The van der Waals surface area contributed by atoms with Gasteiger partial charge in [0.1, 0.15) is 0 Å². The van der Waals surface area contributed by atoms with Crippen molar-refractivity contribution in [2.75, 3.05) is 0 Å². The Morgan fingerprint density at radius 2 is 0.415 bits per heavy atom. The van der Waals surface area contributed by atoms with Crippen LogP contribution in [-0.4, -0.2) is 65.6 Å². The van der Waals surface area contributed by atoms with E-state index in [1.165, 1.54) is 64.6 Å². The highest BCUT2D eigenvalue weighted by Gasteiger charge is 2.28. The summed E-state index contributed by atoms with van der Waals surface area (Å²) in [5, 5.41) is 14.5. The predicted molar refractivity (Wildman–Crippen MR) is 541 cm³/mol. The van der Waals surface area contributed by atoms with Crippen molar-refractivity contribution in [2.45, 2.75) is 0 Å². The van der Waals surface area contributed by atoms with Crippen molar-refractivity contribution in [1.29, 1.82) is 0 Å². The van der Waals surface area contributed by atoms with Gasteiger partial charge < -0.3 is 45.7 Å². The maximum atomic E-state index is 5.70. The monoisotopic (exact) mass is 1670 g/mol. The summed E-state index contributed by atoms with van der Waals surface area (Å²) in [5.41, 5.74) is 35.2. The third-order valence-corrected chi connectivity index (χ3v) is 27.4. The zero-order valence-corrected chi connectivity index (χ0v) is 71.4. The van der Waals surface area contributed by atoms with Crippen LogP contribution in [0.3, 0.4) is 0 Å². The maximum absolute atomic E-state index is 5.70.